The molecule has 182 valence electrons. The lowest BCUT2D eigenvalue weighted by Gasteiger charge is -2.29. The van der Waals surface area contributed by atoms with E-state index in [0.717, 1.165) is 21.7 Å². The summed E-state index contributed by atoms with van der Waals surface area (Å²) in [4.78, 5) is 48.4. The van der Waals surface area contributed by atoms with Crippen LogP contribution in [0.4, 0.5) is 4.39 Å². The molecule has 1 aromatic heterocycles. The zero-order chi connectivity index (χ0) is 25.2. The van der Waals surface area contributed by atoms with Crippen LogP contribution >= 0.6 is 11.3 Å². The maximum atomic E-state index is 14.4. The van der Waals surface area contributed by atoms with Crippen LogP contribution < -0.4 is 5.32 Å². The first kappa shape index (κ1) is 25.7. The maximum absolute atomic E-state index is 14.4. The Labute approximate surface area is 203 Å². The van der Waals surface area contributed by atoms with Gasteiger partial charge < -0.3 is 10.2 Å². The number of halogens is 1. The predicted molar refractivity (Wildman–Crippen MR) is 131 cm³/mol. The molecule has 0 unspecified atom stereocenters. The van der Waals surface area contributed by atoms with Crippen molar-refractivity contribution in [2.45, 2.75) is 66.2 Å². The molecule has 2 aromatic rings. The minimum Gasteiger partial charge on any atom is -0.348 e. The molecule has 1 aliphatic heterocycles. The van der Waals surface area contributed by atoms with Gasteiger partial charge in [0, 0.05) is 18.8 Å². The Balaban J connectivity index is 1.75. The molecule has 34 heavy (non-hydrogen) atoms. The van der Waals surface area contributed by atoms with Crippen LogP contribution in [0.1, 0.15) is 58.3 Å². The molecule has 0 spiro atoms. The molecular formula is C25H31FN4O3S. The third kappa shape index (κ3) is 5.75. The fourth-order valence-corrected chi connectivity index (χ4v) is 4.79. The molecule has 0 radical (unpaired) electrons. The first-order chi connectivity index (χ1) is 15.9. The van der Waals surface area contributed by atoms with Gasteiger partial charge >= 0.3 is 0 Å². The Hall–Kier alpha value is -2.94. The number of thiazole rings is 1. The van der Waals surface area contributed by atoms with Gasteiger partial charge in [-0.2, -0.15) is 0 Å². The lowest BCUT2D eigenvalue weighted by Crippen LogP contribution is -2.50. The van der Waals surface area contributed by atoms with Gasteiger partial charge in [0.1, 0.15) is 17.9 Å². The van der Waals surface area contributed by atoms with E-state index in [1.54, 1.807) is 37.6 Å². The van der Waals surface area contributed by atoms with E-state index in [9.17, 15) is 18.8 Å². The van der Waals surface area contributed by atoms with Crippen LogP contribution in [0.5, 0.6) is 0 Å². The van der Waals surface area contributed by atoms with Crippen LogP contribution in [-0.2, 0) is 14.4 Å². The molecule has 1 N–H and O–H groups in total. The smallest absolute Gasteiger partial charge is 0.269 e. The van der Waals surface area contributed by atoms with Gasteiger partial charge in [0.25, 0.3) is 5.91 Å². The van der Waals surface area contributed by atoms with E-state index in [0.29, 0.717) is 0 Å². The Morgan fingerprint density at radius 3 is 2.41 bits per heavy atom. The zero-order valence-corrected chi connectivity index (χ0v) is 21.2. The Morgan fingerprint density at radius 2 is 1.88 bits per heavy atom. The van der Waals surface area contributed by atoms with Crippen molar-refractivity contribution < 1.29 is 18.8 Å². The van der Waals surface area contributed by atoms with Crippen molar-refractivity contribution in [3.05, 3.63) is 41.0 Å². The number of hydrogen-bond acceptors (Lipinski definition) is 5. The van der Waals surface area contributed by atoms with Gasteiger partial charge in [0.2, 0.25) is 11.8 Å². The highest BCUT2D eigenvalue weighted by Gasteiger charge is 2.43. The van der Waals surface area contributed by atoms with Crippen molar-refractivity contribution in [1.29, 1.82) is 0 Å². The zero-order valence-electron chi connectivity index (χ0n) is 20.4. The number of carbonyl (C=O) groups excluding carboxylic acids is 3. The second-order valence-corrected chi connectivity index (χ2v) is 10.5. The largest absolute Gasteiger partial charge is 0.348 e. The minimum absolute atomic E-state index is 0.0221. The third-order valence-corrected chi connectivity index (χ3v) is 6.75. The molecule has 1 aliphatic rings. The lowest BCUT2D eigenvalue weighted by atomic mass is 9.88. The molecule has 9 heteroatoms. The molecular weight excluding hydrogens is 455 g/mol. The van der Waals surface area contributed by atoms with Gasteiger partial charge in [-0.3, -0.25) is 14.4 Å². The van der Waals surface area contributed by atoms with Gasteiger partial charge in [0.05, 0.1) is 28.7 Å². The number of benzene rings is 1. The summed E-state index contributed by atoms with van der Waals surface area (Å²) >= 11 is 1.57. The highest BCUT2D eigenvalue weighted by Crippen LogP contribution is 2.29. The average molecular weight is 487 g/mol. The minimum atomic E-state index is -1.32. The van der Waals surface area contributed by atoms with E-state index in [1.807, 2.05) is 38.1 Å². The highest BCUT2D eigenvalue weighted by atomic mass is 32.1. The average Bonchev–Trinajstić information content (AvgIpc) is 3.36. The Bertz CT molecular complexity index is 1100. The number of aliphatic imine (C=N–C) groups is 1. The van der Waals surface area contributed by atoms with Crippen molar-refractivity contribution in [1.82, 2.24) is 15.2 Å². The molecule has 7 nitrogen and oxygen atoms in total. The van der Waals surface area contributed by atoms with Crippen LogP contribution in [0, 0.1) is 12.3 Å². The molecule has 1 saturated heterocycles. The summed E-state index contributed by atoms with van der Waals surface area (Å²) in [5, 5.41) is 2.91. The summed E-state index contributed by atoms with van der Waals surface area (Å²) in [6.45, 7) is 10.1. The number of hydrogen-bond donors (Lipinski definition) is 1. The molecule has 1 fully saturated rings. The van der Waals surface area contributed by atoms with Gasteiger partial charge in [-0.15, -0.1) is 11.3 Å². The van der Waals surface area contributed by atoms with Gasteiger partial charge in [-0.05, 0) is 25.0 Å². The fraction of sp³-hybridized carbons (Fsp3) is 0.480. The summed E-state index contributed by atoms with van der Waals surface area (Å²) in [6.07, 6.45) is -1.42. The summed E-state index contributed by atoms with van der Waals surface area (Å²) in [5.74, 6) is -1.53. The summed E-state index contributed by atoms with van der Waals surface area (Å²) in [5.41, 5.74) is 4.00. The Kier molecular flexibility index (Phi) is 7.65. The highest BCUT2D eigenvalue weighted by molar-refractivity contribution is 7.13. The van der Waals surface area contributed by atoms with E-state index in [4.69, 9.17) is 0 Å². The van der Waals surface area contributed by atoms with E-state index in [-0.39, 0.29) is 24.7 Å². The normalized spacial score (nSPS) is 19.7. The van der Waals surface area contributed by atoms with Crippen molar-refractivity contribution >= 4 is 34.8 Å². The second kappa shape index (κ2) is 10.1. The van der Waals surface area contributed by atoms with Crippen LogP contribution in [-0.4, -0.2) is 52.1 Å². The lowest BCUT2D eigenvalue weighted by molar-refractivity contribution is -0.134. The maximum Gasteiger partial charge on any atom is 0.269 e. The number of likely N-dealkylation sites (tertiary alicyclic amines) is 1. The molecule has 0 aliphatic carbocycles. The Morgan fingerprint density at radius 1 is 1.24 bits per heavy atom. The van der Waals surface area contributed by atoms with E-state index in [2.05, 4.69) is 15.3 Å². The molecule has 2 heterocycles. The summed E-state index contributed by atoms with van der Waals surface area (Å²) < 4.78 is 14.4. The third-order valence-electron chi connectivity index (χ3n) is 5.77. The number of aromatic nitrogens is 1. The molecule has 3 rings (SSSR count). The molecule has 3 atom stereocenters. The van der Waals surface area contributed by atoms with Crippen molar-refractivity contribution in [2.24, 2.45) is 10.4 Å². The van der Waals surface area contributed by atoms with Crippen LogP contribution in [0.3, 0.4) is 0 Å². The van der Waals surface area contributed by atoms with Crippen LogP contribution in [0.15, 0.2) is 34.8 Å². The number of nitrogens with one attached hydrogen (secondary N) is 1. The monoisotopic (exact) mass is 486 g/mol. The van der Waals surface area contributed by atoms with E-state index < -0.39 is 35.4 Å². The summed E-state index contributed by atoms with van der Waals surface area (Å²) in [7, 11) is 0. The van der Waals surface area contributed by atoms with Crippen LogP contribution in [0.25, 0.3) is 10.4 Å². The number of rotatable bonds is 5. The number of amides is 3. The standard InChI is InChI=1S/C25H31FN4O3S/c1-14(17-7-9-18(10-8-17)21-15(2)27-13-34-21)28-23(32)20-11-19(26)12-30(20)24(33)22(25(4,5)6)29-16(3)31/h7-10,13-14,19-20H,11-12H2,1-6H3,(H,28,32)/t14-,19+,20-/m0/s1. The molecule has 3 amide bonds. The first-order valence-corrected chi connectivity index (χ1v) is 12.1. The van der Waals surface area contributed by atoms with E-state index >= 15 is 0 Å². The number of aryl methyl sites for hydroxylation is 1. The van der Waals surface area contributed by atoms with Crippen molar-refractivity contribution in [3.8, 4) is 10.4 Å². The SMILES string of the molecule is CC(=O)N=C(C(=O)N1C[C@H](F)C[C@H]1C(=O)N[C@@H](C)c1ccc(-c2scnc2C)cc1)C(C)(C)C. The van der Waals surface area contributed by atoms with Crippen molar-refractivity contribution in [3.63, 3.8) is 0 Å². The molecule has 0 bridgehead atoms. The first-order valence-electron chi connectivity index (χ1n) is 11.2. The molecule has 1 aromatic carbocycles. The number of nitrogens with zero attached hydrogens (tertiary/aromatic N) is 3. The van der Waals surface area contributed by atoms with Gasteiger partial charge in [0.15, 0.2) is 0 Å². The van der Waals surface area contributed by atoms with Gasteiger partial charge in [-0.25, -0.2) is 14.4 Å². The summed E-state index contributed by atoms with van der Waals surface area (Å²) in [6, 6.07) is 6.53. The molecule has 0 saturated carbocycles. The second-order valence-electron chi connectivity index (χ2n) is 9.65. The topological polar surface area (TPSA) is 91.7 Å². The fourth-order valence-electron chi connectivity index (χ4n) is 3.98. The van der Waals surface area contributed by atoms with E-state index in [1.165, 1.54) is 11.8 Å². The van der Waals surface area contributed by atoms with Crippen molar-refractivity contribution in [2.75, 3.05) is 6.54 Å². The quantitative estimate of drug-likeness (QED) is 0.639. The van der Waals surface area contributed by atoms with Gasteiger partial charge in [-0.1, -0.05) is 45.0 Å². The predicted octanol–water partition coefficient (Wildman–Crippen LogP) is 4.27. The number of carbonyl (C=O) groups is 3. The van der Waals surface area contributed by atoms with Crippen LogP contribution in [0.2, 0.25) is 0 Å². The number of alkyl halides is 1.